The Labute approximate surface area is 128 Å². The van der Waals surface area contributed by atoms with E-state index >= 15 is 0 Å². The van der Waals surface area contributed by atoms with Gasteiger partial charge in [0.1, 0.15) is 11.6 Å². The van der Waals surface area contributed by atoms with Gasteiger partial charge in [-0.2, -0.15) is 23.5 Å². The number of rotatable bonds is 5. The van der Waals surface area contributed by atoms with E-state index in [0.717, 1.165) is 18.1 Å². The molecular weight excluding hydrogens is 296 g/mol. The van der Waals surface area contributed by atoms with Crippen molar-refractivity contribution in [2.75, 3.05) is 18.1 Å². The summed E-state index contributed by atoms with van der Waals surface area (Å²) in [5.41, 5.74) is 0.210. The molecule has 0 bridgehead atoms. The third-order valence-electron chi connectivity index (χ3n) is 3.59. The standard InChI is InChI=1S/C15H21F2NS2/c1-3-18-14(15-10(2)19-7-8-20-15)9-11-12(16)5-4-6-13(11)17/h4-6,10,14-15,18H,3,7-9H2,1-2H3. The van der Waals surface area contributed by atoms with E-state index in [4.69, 9.17) is 0 Å². The highest BCUT2D eigenvalue weighted by atomic mass is 32.2. The molecule has 1 N–H and O–H groups in total. The Morgan fingerprint density at radius 3 is 2.50 bits per heavy atom. The summed E-state index contributed by atoms with van der Waals surface area (Å²) in [5.74, 6) is 1.40. The van der Waals surface area contributed by atoms with Crippen LogP contribution in [-0.4, -0.2) is 34.6 Å². The number of hydrogen-bond donors (Lipinski definition) is 1. The molecule has 3 atom stereocenters. The molecule has 0 radical (unpaired) electrons. The summed E-state index contributed by atoms with van der Waals surface area (Å²) in [7, 11) is 0. The highest BCUT2D eigenvalue weighted by molar-refractivity contribution is 8.07. The average Bonchev–Trinajstić information content (AvgIpc) is 2.43. The molecule has 0 aliphatic carbocycles. The van der Waals surface area contributed by atoms with Gasteiger partial charge in [-0.1, -0.05) is 19.9 Å². The van der Waals surface area contributed by atoms with Crippen LogP contribution in [-0.2, 0) is 6.42 Å². The van der Waals surface area contributed by atoms with Gasteiger partial charge >= 0.3 is 0 Å². The maximum atomic E-state index is 13.8. The molecule has 1 aromatic rings. The predicted molar refractivity (Wildman–Crippen MR) is 85.7 cm³/mol. The van der Waals surface area contributed by atoms with Crippen molar-refractivity contribution in [3.63, 3.8) is 0 Å². The first kappa shape index (κ1) is 16.1. The van der Waals surface area contributed by atoms with Crippen molar-refractivity contribution in [1.29, 1.82) is 0 Å². The number of thioether (sulfide) groups is 2. The van der Waals surface area contributed by atoms with Gasteiger partial charge in [0.05, 0.1) is 0 Å². The van der Waals surface area contributed by atoms with Crippen LogP contribution in [0, 0.1) is 11.6 Å². The lowest BCUT2D eigenvalue weighted by Crippen LogP contribution is -2.46. The van der Waals surface area contributed by atoms with Crippen LogP contribution in [0.15, 0.2) is 18.2 Å². The maximum Gasteiger partial charge on any atom is 0.129 e. The highest BCUT2D eigenvalue weighted by Crippen LogP contribution is 2.34. The summed E-state index contributed by atoms with van der Waals surface area (Å²) in [6.07, 6.45) is 0.412. The van der Waals surface area contributed by atoms with E-state index in [2.05, 4.69) is 12.2 Å². The lowest BCUT2D eigenvalue weighted by atomic mass is 10.0. The Balaban J connectivity index is 2.16. The Bertz CT molecular complexity index is 422. The van der Waals surface area contributed by atoms with E-state index in [1.165, 1.54) is 18.2 Å². The fourth-order valence-corrected chi connectivity index (χ4v) is 5.57. The monoisotopic (exact) mass is 317 g/mol. The molecule has 1 nitrogen and oxygen atoms in total. The Hall–Kier alpha value is -0.260. The van der Waals surface area contributed by atoms with E-state index in [0.29, 0.717) is 16.9 Å². The summed E-state index contributed by atoms with van der Waals surface area (Å²) in [4.78, 5) is 0. The first-order valence-corrected chi connectivity index (χ1v) is 9.12. The molecule has 1 fully saturated rings. The van der Waals surface area contributed by atoms with Gasteiger partial charge in [0.25, 0.3) is 0 Å². The highest BCUT2D eigenvalue weighted by Gasteiger charge is 2.31. The van der Waals surface area contributed by atoms with Crippen LogP contribution in [0.4, 0.5) is 8.78 Å². The summed E-state index contributed by atoms with van der Waals surface area (Å²) < 4.78 is 27.7. The van der Waals surface area contributed by atoms with Gasteiger partial charge in [-0.25, -0.2) is 8.78 Å². The summed E-state index contributed by atoms with van der Waals surface area (Å²) in [6.45, 7) is 5.06. The van der Waals surface area contributed by atoms with Crippen molar-refractivity contribution in [1.82, 2.24) is 5.32 Å². The van der Waals surface area contributed by atoms with Crippen molar-refractivity contribution in [3.05, 3.63) is 35.4 Å². The first-order valence-electron chi connectivity index (χ1n) is 7.03. The van der Waals surface area contributed by atoms with E-state index < -0.39 is 11.6 Å². The van der Waals surface area contributed by atoms with Crippen LogP contribution in [0.2, 0.25) is 0 Å². The molecule has 2 rings (SSSR count). The molecule has 112 valence electrons. The number of nitrogens with one attached hydrogen (secondary N) is 1. The second-order valence-corrected chi connectivity index (χ2v) is 7.75. The Morgan fingerprint density at radius 1 is 1.25 bits per heavy atom. The topological polar surface area (TPSA) is 12.0 Å². The van der Waals surface area contributed by atoms with Gasteiger partial charge in [-0.05, 0) is 25.1 Å². The summed E-state index contributed by atoms with van der Waals surface area (Å²) >= 11 is 3.87. The number of benzene rings is 1. The van der Waals surface area contributed by atoms with Crippen LogP contribution in [0.1, 0.15) is 19.4 Å². The number of hydrogen-bond acceptors (Lipinski definition) is 3. The van der Waals surface area contributed by atoms with Gasteiger partial charge in [0.15, 0.2) is 0 Å². The van der Waals surface area contributed by atoms with Crippen LogP contribution in [0.5, 0.6) is 0 Å². The van der Waals surface area contributed by atoms with Crippen molar-refractivity contribution >= 4 is 23.5 Å². The van der Waals surface area contributed by atoms with Crippen LogP contribution < -0.4 is 5.32 Å². The molecule has 1 heterocycles. The second-order valence-electron chi connectivity index (χ2n) is 4.98. The smallest absolute Gasteiger partial charge is 0.129 e. The van der Waals surface area contributed by atoms with Gasteiger partial charge in [-0.3, -0.25) is 0 Å². The molecule has 3 unspecified atom stereocenters. The van der Waals surface area contributed by atoms with E-state index in [9.17, 15) is 8.78 Å². The normalized spacial score (nSPS) is 24.6. The van der Waals surface area contributed by atoms with Gasteiger partial charge < -0.3 is 5.32 Å². The molecular formula is C15H21F2NS2. The predicted octanol–water partition coefficient (Wildman–Crippen LogP) is 3.72. The van der Waals surface area contributed by atoms with Gasteiger partial charge in [0.2, 0.25) is 0 Å². The zero-order valence-electron chi connectivity index (χ0n) is 11.9. The molecule has 0 amide bonds. The van der Waals surface area contributed by atoms with Crippen LogP contribution >= 0.6 is 23.5 Å². The molecule has 20 heavy (non-hydrogen) atoms. The number of likely N-dealkylation sites (N-methyl/N-ethyl adjacent to an activating group) is 1. The molecule has 1 saturated heterocycles. The summed E-state index contributed by atoms with van der Waals surface area (Å²) in [6, 6.07) is 4.21. The fraction of sp³-hybridized carbons (Fsp3) is 0.600. The third kappa shape index (κ3) is 3.89. The Morgan fingerprint density at radius 2 is 1.90 bits per heavy atom. The van der Waals surface area contributed by atoms with E-state index in [1.54, 1.807) is 0 Å². The zero-order chi connectivity index (χ0) is 14.5. The van der Waals surface area contributed by atoms with E-state index in [1.807, 2.05) is 30.4 Å². The Kier molecular flexibility index (Phi) is 6.18. The second kappa shape index (κ2) is 7.66. The molecule has 1 aromatic carbocycles. The fourth-order valence-electron chi connectivity index (χ4n) is 2.61. The minimum Gasteiger partial charge on any atom is -0.313 e. The molecule has 1 aliphatic rings. The first-order chi connectivity index (χ1) is 9.63. The van der Waals surface area contributed by atoms with Crippen molar-refractivity contribution in [2.45, 2.75) is 36.8 Å². The minimum absolute atomic E-state index is 0.110. The minimum atomic E-state index is -0.436. The molecule has 0 aromatic heterocycles. The van der Waals surface area contributed by atoms with Crippen molar-refractivity contribution < 1.29 is 8.78 Å². The average molecular weight is 317 g/mol. The third-order valence-corrected chi connectivity index (χ3v) is 6.84. The summed E-state index contributed by atoms with van der Waals surface area (Å²) in [5, 5.41) is 4.32. The molecule has 0 spiro atoms. The SMILES string of the molecule is CCNC(Cc1c(F)cccc1F)C1SCCSC1C. The quantitative estimate of drug-likeness (QED) is 0.889. The van der Waals surface area contributed by atoms with E-state index in [-0.39, 0.29) is 11.6 Å². The van der Waals surface area contributed by atoms with Crippen LogP contribution in [0.3, 0.4) is 0 Å². The molecule has 1 aliphatic heterocycles. The lowest BCUT2D eigenvalue weighted by molar-refractivity contribution is 0.471. The zero-order valence-corrected chi connectivity index (χ0v) is 13.5. The van der Waals surface area contributed by atoms with Gasteiger partial charge in [-0.15, -0.1) is 0 Å². The van der Waals surface area contributed by atoms with Gasteiger partial charge in [0, 0.05) is 33.6 Å². The molecule has 5 heteroatoms. The largest absolute Gasteiger partial charge is 0.313 e. The van der Waals surface area contributed by atoms with Crippen molar-refractivity contribution in [3.8, 4) is 0 Å². The van der Waals surface area contributed by atoms with Crippen LogP contribution in [0.25, 0.3) is 0 Å². The maximum absolute atomic E-state index is 13.8. The molecule has 0 saturated carbocycles. The number of halogens is 2. The lowest BCUT2D eigenvalue weighted by Gasteiger charge is -2.35. The van der Waals surface area contributed by atoms with Crippen molar-refractivity contribution in [2.24, 2.45) is 0 Å².